The van der Waals surface area contributed by atoms with Crippen LogP contribution in [-0.2, 0) is 20.1 Å². The fourth-order valence-electron chi connectivity index (χ4n) is 2.39. The van der Waals surface area contributed by atoms with E-state index in [9.17, 15) is 9.00 Å². The van der Waals surface area contributed by atoms with Crippen LogP contribution in [0.1, 0.15) is 47.0 Å². The van der Waals surface area contributed by atoms with Crippen molar-refractivity contribution in [2.24, 2.45) is 10.8 Å². The van der Waals surface area contributed by atoms with Crippen molar-refractivity contribution in [2.45, 2.75) is 52.2 Å². The zero-order valence-electron chi connectivity index (χ0n) is 10.8. The van der Waals surface area contributed by atoms with E-state index >= 15 is 0 Å². The van der Waals surface area contributed by atoms with E-state index in [1.165, 1.54) is 7.11 Å². The van der Waals surface area contributed by atoms with E-state index in [-0.39, 0.29) is 16.6 Å². The van der Waals surface area contributed by atoms with Crippen LogP contribution in [0.3, 0.4) is 0 Å². The summed E-state index contributed by atoms with van der Waals surface area (Å²) in [5.41, 5.74) is -0.627. The number of Topliss-reactive ketones (excluding diaryl/α,β-unsaturated/α-hetero) is 1. The van der Waals surface area contributed by atoms with Gasteiger partial charge in [-0.2, -0.15) is 0 Å². The molecule has 0 amide bonds. The normalized spacial score (nSPS) is 30.8. The molecule has 16 heavy (non-hydrogen) atoms. The molecule has 1 fully saturated rings. The fourth-order valence-corrected chi connectivity index (χ4v) is 3.72. The molecule has 0 saturated heterocycles. The second-order valence-electron chi connectivity index (χ2n) is 5.90. The molecule has 0 aliphatic heterocycles. The Morgan fingerprint density at radius 1 is 1.25 bits per heavy atom. The van der Waals surface area contributed by atoms with Crippen molar-refractivity contribution >= 4 is 16.9 Å². The summed E-state index contributed by atoms with van der Waals surface area (Å²) < 4.78 is 16.8. The van der Waals surface area contributed by atoms with Gasteiger partial charge in [0.25, 0.3) is 0 Å². The first-order valence-electron chi connectivity index (χ1n) is 5.72. The molecule has 0 spiro atoms. The first-order chi connectivity index (χ1) is 7.22. The molecule has 3 nitrogen and oxygen atoms in total. The molecule has 1 saturated carbocycles. The molecule has 0 radical (unpaired) electrons. The minimum absolute atomic E-state index is 0.0789. The maximum absolute atomic E-state index is 12.4. The number of carbonyl (C=O) groups excluding carboxylic acids is 1. The van der Waals surface area contributed by atoms with Crippen LogP contribution in [0.2, 0.25) is 0 Å². The third-order valence-electron chi connectivity index (χ3n) is 3.59. The maximum Gasteiger partial charge on any atom is 0.166 e. The Morgan fingerprint density at radius 3 is 2.31 bits per heavy atom. The van der Waals surface area contributed by atoms with Crippen molar-refractivity contribution in [3.8, 4) is 0 Å². The fraction of sp³-hybridized carbons (Fsp3) is 0.917. The number of hydrogen-bond donors (Lipinski definition) is 0. The highest BCUT2D eigenvalue weighted by Gasteiger charge is 2.47. The highest BCUT2D eigenvalue weighted by atomic mass is 32.2. The predicted molar refractivity (Wildman–Crippen MR) is 65.4 cm³/mol. The monoisotopic (exact) mass is 246 g/mol. The van der Waals surface area contributed by atoms with Gasteiger partial charge in [-0.05, 0) is 18.3 Å². The lowest BCUT2D eigenvalue weighted by Gasteiger charge is -2.32. The van der Waals surface area contributed by atoms with Gasteiger partial charge >= 0.3 is 0 Å². The van der Waals surface area contributed by atoms with Crippen LogP contribution in [0.25, 0.3) is 0 Å². The molecule has 0 aromatic carbocycles. The summed E-state index contributed by atoms with van der Waals surface area (Å²) >= 11 is -1.52. The van der Waals surface area contributed by atoms with Crippen LogP contribution >= 0.6 is 0 Å². The van der Waals surface area contributed by atoms with Crippen molar-refractivity contribution in [3.63, 3.8) is 0 Å². The molecular weight excluding hydrogens is 224 g/mol. The van der Waals surface area contributed by atoms with Crippen LogP contribution in [0.15, 0.2) is 0 Å². The summed E-state index contributed by atoms with van der Waals surface area (Å²) in [6, 6.07) is 0. The van der Waals surface area contributed by atoms with Crippen molar-refractivity contribution in [3.05, 3.63) is 0 Å². The van der Waals surface area contributed by atoms with Gasteiger partial charge in [0.2, 0.25) is 0 Å². The smallest absolute Gasteiger partial charge is 0.166 e. The average molecular weight is 246 g/mol. The lowest BCUT2D eigenvalue weighted by atomic mass is 9.79. The Labute approximate surface area is 101 Å². The quantitative estimate of drug-likeness (QED) is 0.703. The number of hydrogen-bond acceptors (Lipinski definition) is 3. The van der Waals surface area contributed by atoms with Gasteiger partial charge in [0.05, 0.1) is 7.11 Å². The molecule has 1 rings (SSSR count). The summed E-state index contributed by atoms with van der Waals surface area (Å²) in [5, 5.41) is -0.505. The Balaban J connectivity index is 3.13. The standard InChI is InChI=1S/C12H22O3S/c1-11(2)7-6-8-12(3,4)10(9(11)13)16(14)15-5/h10H,6-8H2,1-5H3. The summed E-state index contributed by atoms with van der Waals surface area (Å²) in [6.45, 7) is 7.90. The predicted octanol–water partition coefficient (Wildman–Crippen LogP) is 2.47. The molecule has 2 atom stereocenters. The topological polar surface area (TPSA) is 43.4 Å². The Hall–Kier alpha value is -0.220. The van der Waals surface area contributed by atoms with Crippen LogP contribution < -0.4 is 0 Å². The second kappa shape index (κ2) is 4.57. The summed E-state index contributed by atoms with van der Waals surface area (Å²) in [4.78, 5) is 12.4. The van der Waals surface area contributed by atoms with Crippen molar-refractivity contribution in [1.82, 2.24) is 0 Å². The van der Waals surface area contributed by atoms with Crippen LogP contribution in [0.4, 0.5) is 0 Å². The SMILES string of the molecule is COS(=O)C1C(=O)C(C)(C)CCCC1(C)C. The van der Waals surface area contributed by atoms with Crippen LogP contribution in [0, 0.1) is 10.8 Å². The summed E-state index contributed by atoms with van der Waals surface area (Å²) in [6.07, 6.45) is 2.79. The van der Waals surface area contributed by atoms with E-state index in [4.69, 9.17) is 4.18 Å². The van der Waals surface area contributed by atoms with Crippen LogP contribution in [0.5, 0.6) is 0 Å². The van der Waals surface area contributed by atoms with E-state index in [0.29, 0.717) is 0 Å². The summed E-state index contributed by atoms with van der Waals surface area (Å²) in [7, 11) is 1.40. The van der Waals surface area contributed by atoms with Crippen molar-refractivity contribution in [2.75, 3.05) is 7.11 Å². The highest BCUT2D eigenvalue weighted by Crippen LogP contribution is 2.42. The van der Waals surface area contributed by atoms with Crippen molar-refractivity contribution in [1.29, 1.82) is 0 Å². The molecule has 0 N–H and O–H groups in total. The first-order valence-corrected chi connectivity index (χ1v) is 6.85. The Morgan fingerprint density at radius 2 is 1.81 bits per heavy atom. The van der Waals surface area contributed by atoms with Gasteiger partial charge in [-0.1, -0.05) is 34.1 Å². The minimum atomic E-state index is -1.52. The molecule has 0 heterocycles. The highest BCUT2D eigenvalue weighted by molar-refractivity contribution is 7.81. The molecule has 0 bridgehead atoms. The molecule has 0 aromatic rings. The molecule has 2 unspecified atom stereocenters. The largest absolute Gasteiger partial charge is 0.298 e. The first kappa shape index (κ1) is 13.8. The third kappa shape index (κ3) is 2.54. The van der Waals surface area contributed by atoms with Gasteiger partial charge in [0.15, 0.2) is 16.9 Å². The van der Waals surface area contributed by atoms with Gasteiger partial charge in [0.1, 0.15) is 5.25 Å². The Kier molecular flexibility index (Phi) is 3.95. The zero-order chi connectivity index (χ0) is 12.6. The average Bonchev–Trinajstić information content (AvgIpc) is 2.22. The van der Waals surface area contributed by atoms with Gasteiger partial charge < -0.3 is 0 Å². The molecule has 94 valence electrons. The molecule has 1 aliphatic carbocycles. The molecule has 1 aliphatic rings. The van der Waals surface area contributed by atoms with Gasteiger partial charge in [0, 0.05) is 5.41 Å². The maximum atomic E-state index is 12.4. The molecule has 4 heteroatoms. The lowest BCUT2D eigenvalue weighted by Crippen LogP contribution is -2.44. The van der Waals surface area contributed by atoms with E-state index in [2.05, 4.69) is 0 Å². The Bertz CT molecular complexity index is 307. The molecular formula is C12H22O3S. The third-order valence-corrected chi connectivity index (χ3v) is 5.16. The zero-order valence-corrected chi connectivity index (χ0v) is 11.6. The summed E-state index contributed by atoms with van der Waals surface area (Å²) in [5.74, 6) is 0.0789. The van der Waals surface area contributed by atoms with Gasteiger partial charge in [-0.3, -0.25) is 8.98 Å². The van der Waals surface area contributed by atoms with E-state index in [0.717, 1.165) is 19.3 Å². The number of ketones is 1. The van der Waals surface area contributed by atoms with Crippen LogP contribution in [-0.4, -0.2) is 22.4 Å². The van der Waals surface area contributed by atoms with E-state index in [1.807, 2.05) is 27.7 Å². The van der Waals surface area contributed by atoms with Gasteiger partial charge in [-0.15, -0.1) is 0 Å². The number of rotatable bonds is 2. The van der Waals surface area contributed by atoms with Gasteiger partial charge in [-0.25, -0.2) is 4.21 Å². The molecule has 0 aromatic heterocycles. The van der Waals surface area contributed by atoms with E-state index < -0.39 is 16.3 Å². The number of carbonyl (C=O) groups is 1. The lowest BCUT2D eigenvalue weighted by molar-refractivity contribution is -0.127. The van der Waals surface area contributed by atoms with Crippen molar-refractivity contribution < 1.29 is 13.2 Å². The van der Waals surface area contributed by atoms with E-state index in [1.54, 1.807) is 0 Å². The second-order valence-corrected chi connectivity index (χ2v) is 7.22. The minimum Gasteiger partial charge on any atom is -0.298 e.